The number of ether oxygens (including phenoxy) is 1. The summed E-state index contributed by atoms with van der Waals surface area (Å²) in [6, 6.07) is 6.62. The standard InChI is InChI=1S/C18H25N3O3/c1-13-6-7-15-14(12-13)19-16(23-15)20-8-5-9-21(11-10-20)17(22)24-18(2,3)4/h6-7,12H,5,8-11H2,1-4H3. The van der Waals surface area contributed by atoms with Crippen LogP contribution in [-0.2, 0) is 4.74 Å². The van der Waals surface area contributed by atoms with Crippen molar-refractivity contribution >= 4 is 23.2 Å². The van der Waals surface area contributed by atoms with E-state index in [4.69, 9.17) is 9.15 Å². The lowest BCUT2D eigenvalue weighted by Gasteiger charge is -2.26. The Hall–Kier alpha value is -2.24. The monoisotopic (exact) mass is 331 g/mol. The number of rotatable bonds is 1. The second-order valence-electron chi connectivity index (χ2n) is 7.28. The van der Waals surface area contributed by atoms with Crippen LogP contribution in [0.4, 0.5) is 10.8 Å². The quantitative estimate of drug-likeness (QED) is 0.799. The largest absolute Gasteiger partial charge is 0.444 e. The molecule has 1 aromatic carbocycles. The van der Waals surface area contributed by atoms with Gasteiger partial charge in [-0.2, -0.15) is 4.98 Å². The molecule has 0 aliphatic carbocycles. The molecule has 0 saturated carbocycles. The third-order valence-electron chi connectivity index (χ3n) is 3.95. The van der Waals surface area contributed by atoms with Crippen LogP contribution in [0.2, 0.25) is 0 Å². The van der Waals surface area contributed by atoms with Crippen LogP contribution in [0.25, 0.3) is 11.1 Å². The van der Waals surface area contributed by atoms with Crippen molar-refractivity contribution < 1.29 is 13.9 Å². The van der Waals surface area contributed by atoms with Gasteiger partial charge in [0.2, 0.25) is 0 Å². The average molecular weight is 331 g/mol. The molecule has 0 radical (unpaired) electrons. The Balaban J connectivity index is 1.69. The predicted molar refractivity (Wildman–Crippen MR) is 93.4 cm³/mol. The van der Waals surface area contributed by atoms with Gasteiger partial charge in [-0.3, -0.25) is 0 Å². The van der Waals surface area contributed by atoms with E-state index >= 15 is 0 Å². The maximum absolute atomic E-state index is 12.2. The summed E-state index contributed by atoms with van der Waals surface area (Å²) < 4.78 is 11.3. The summed E-state index contributed by atoms with van der Waals surface area (Å²) in [6.45, 7) is 10.5. The fourth-order valence-electron chi connectivity index (χ4n) is 2.78. The Morgan fingerprint density at radius 1 is 1.21 bits per heavy atom. The third kappa shape index (κ3) is 3.80. The molecule has 1 fully saturated rings. The number of anilines is 1. The van der Waals surface area contributed by atoms with Gasteiger partial charge in [0.15, 0.2) is 5.58 Å². The first-order chi connectivity index (χ1) is 11.3. The van der Waals surface area contributed by atoms with Gasteiger partial charge < -0.3 is 19.0 Å². The van der Waals surface area contributed by atoms with Crippen molar-refractivity contribution in [2.24, 2.45) is 0 Å². The average Bonchev–Trinajstić information content (AvgIpc) is 2.73. The topological polar surface area (TPSA) is 58.8 Å². The predicted octanol–water partition coefficient (Wildman–Crippen LogP) is 3.58. The minimum absolute atomic E-state index is 0.252. The maximum Gasteiger partial charge on any atom is 0.410 e. The van der Waals surface area contributed by atoms with Crippen molar-refractivity contribution in [2.75, 3.05) is 31.1 Å². The molecule has 0 bridgehead atoms. The van der Waals surface area contributed by atoms with Crippen molar-refractivity contribution in [1.82, 2.24) is 9.88 Å². The van der Waals surface area contributed by atoms with Crippen LogP contribution in [0.5, 0.6) is 0 Å². The van der Waals surface area contributed by atoms with Gasteiger partial charge in [0, 0.05) is 26.2 Å². The molecule has 130 valence electrons. The van der Waals surface area contributed by atoms with Gasteiger partial charge in [0.1, 0.15) is 11.1 Å². The second-order valence-corrected chi connectivity index (χ2v) is 7.28. The van der Waals surface area contributed by atoms with Gasteiger partial charge >= 0.3 is 6.09 Å². The van der Waals surface area contributed by atoms with Crippen LogP contribution in [0.1, 0.15) is 32.8 Å². The number of hydrogen-bond donors (Lipinski definition) is 0. The molecule has 0 spiro atoms. The summed E-state index contributed by atoms with van der Waals surface area (Å²) >= 11 is 0. The number of benzene rings is 1. The van der Waals surface area contributed by atoms with Crippen molar-refractivity contribution in [2.45, 2.75) is 39.7 Å². The molecule has 1 saturated heterocycles. The van der Waals surface area contributed by atoms with E-state index in [1.54, 1.807) is 4.90 Å². The van der Waals surface area contributed by atoms with Crippen molar-refractivity contribution in [3.63, 3.8) is 0 Å². The van der Waals surface area contributed by atoms with E-state index in [0.29, 0.717) is 25.6 Å². The molecule has 1 amide bonds. The number of amides is 1. The molecule has 0 N–H and O–H groups in total. The molecule has 2 heterocycles. The zero-order chi connectivity index (χ0) is 17.3. The fourth-order valence-corrected chi connectivity index (χ4v) is 2.78. The third-order valence-corrected chi connectivity index (χ3v) is 3.95. The van der Waals surface area contributed by atoms with Crippen molar-refractivity contribution in [3.05, 3.63) is 23.8 Å². The van der Waals surface area contributed by atoms with Crippen LogP contribution in [-0.4, -0.2) is 47.8 Å². The maximum atomic E-state index is 12.2. The van der Waals surface area contributed by atoms with Gasteiger partial charge in [-0.1, -0.05) is 6.07 Å². The Morgan fingerprint density at radius 2 is 2.00 bits per heavy atom. The van der Waals surface area contributed by atoms with Crippen LogP contribution < -0.4 is 4.90 Å². The van der Waals surface area contributed by atoms with E-state index in [0.717, 1.165) is 29.6 Å². The van der Waals surface area contributed by atoms with E-state index in [2.05, 4.69) is 9.88 Å². The highest BCUT2D eigenvalue weighted by molar-refractivity contribution is 5.75. The summed E-state index contributed by atoms with van der Waals surface area (Å²) in [7, 11) is 0. The summed E-state index contributed by atoms with van der Waals surface area (Å²) in [6.07, 6.45) is 0.606. The zero-order valence-corrected chi connectivity index (χ0v) is 14.8. The number of carbonyl (C=O) groups is 1. The molecule has 1 aromatic heterocycles. The van der Waals surface area contributed by atoms with Gasteiger partial charge in [-0.25, -0.2) is 4.79 Å². The highest BCUT2D eigenvalue weighted by Gasteiger charge is 2.25. The summed E-state index contributed by atoms with van der Waals surface area (Å²) in [4.78, 5) is 20.7. The molecule has 0 atom stereocenters. The van der Waals surface area contributed by atoms with Crippen LogP contribution in [0, 0.1) is 6.92 Å². The Labute approximate surface area is 142 Å². The Kier molecular flexibility index (Phi) is 4.39. The highest BCUT2D eigenvalue weighted by atomic mass is 16.6. The van der Waals surface area contributed by atoms with Gasteiger partial charge in [0.25, 0.3) is 6.01 Å². The first-order valence-corrected chi connectivity index (χ1v) is 8.42. The van der Waals surface area contributed by atoms with E-state index in [1.165, 1.54) is 0 Å². The zero-order valence-electron chi connectivity index (χ0n) is 14.8. The van der Waals surface area contributed by atoms with Crippen LogP contribution in [0.3, 0.4) is 0 Å². The molecule has 2 aromatic rings. The number of nitrogens with zero attached hydrogens (tertiary/aromatic N) is 3. The molecular weight excluding hydrogens is 306 g/mol. The lowest BCUT2D eigenvalue weighted by Crippen LogP contribution is -2.39. The number of oxazole rings is 1. The minimum Gasteiger partial charge on any atom is -0.444 e. The first-order valence-electron chi connectivity index (χ1n) is 8.42. The summed E-state index contributed by atoms with van der Waals surface area (Å²) in [5.74, 6) is 0. The van der Waals surface area contributed by atoms with Crippen molar-refractivity contribution in [1.29, 1.82) is 0 Å². The Bertz CT molecular complexity index is 733. The number of carbonyl (C=O) groups excluding carboxylic acids is 1. The van der Waals surface area contributed by atoms with E-state index in [9.17, 15) is 4.79 Å². The van der Waals surface area contributed by atoms with E-state index in [-0.39, 0.29) is 6.09 Å². The van der Waals surface area contributed by atoms with Crippen LogP contribution >= 0.6 is 0 Å². The summed E-state index contributed by atoms with van der Waals surface area (Å²) in [5, 5.41) is 0. The molecule has 1 aliphatic heterocycles. The lowest BCUT2D eigenvalue weighted by atomic mass is 10.2. The van der Waals surface area contributed by atoms with E-state index < -0.39 is 5.60 Å². The number of hydrogen-bond acceptors (Lipinski definition) is 5. The Morgan fingerprint density at radius 3 is 2.75 bits per heavy atom. The van der Waals surface area contributed by atoms with Crippen molar-refractivity contribution in [3.8, 4) is 0 Å². The van der Waals surface area contributed by atoms with E-state index in [1.807, 2.05) is 45.9 Å². The molecular formula is C18H25N3O3. The molecule has 1 aliphatic rings. The molecule has 6 heteroatoms. The van der Waals surface area contributed by atoms with Gasteiger partial charge in [0.05, 0.1) is 0 Å². The highest BCUT2D eigenvalue weighted by Crippen LogP contribution is 2.24. The number of fused-ring (bicyclic) bond motifs is 1. The van der Waals surface area contributed by atoms with Gasteiger partial charge in [-0.15, -0.1) is 0 Å². The molecule has 24 heavy (non-hydrogen) atoms. The lowest BCUT2D eigenvalue weighted by molar-refractivity contribution is 0.0263. The second kappa shape index (κ2) is 6.34. The van der Waals surface area contributed by atoms with Gasteiger partial charge in [-0.05, 0) is 51.8 Å². The SMILES string of the molecule is Cc1ccc2oc(N3CCCN(C(=O)OC(C)(C)C)CC3)nc2c1. The first kappa shape index (κ1) is 16.6. The minimum atomic E-state index is -0.471. The number of aryl methyl sites for hydroxylation is 1. The van der Waals surface area contributed by atoms with Crippen LogP contribution in [0.15, 0.2) is 22.6 Å². The number of aromatic nitrogens is 1. The normalized spacial score (nSPS) is 16.3. The smallest absolute Gasteiger partial charge is 0.410 e. The molecule has 6 nitrogen and oxygen atoms in total. The fraction of sp³-hybridized carbons (Fsp3) is 0.556. The summed E-state index contributed by atoms with van der Waals surface area (Å²) in [5.41, 5.74) is 2.36. The molecule has 3 rings (SSSR count). The molecule has 0 unspecified atom stereocenters.